The molecule has 1 rings (SSSR count). The lowest BCUT2D eigenvalue weighted by molar-refractivity contribution is -0.115. The van der Waals surface area contributed by atoms with Crippen molar-refractivity contribution in [3.8, 4) is 5.18 Å². The molecule has 2 N–H and O–H groups in total. The van der Waals surface area contributed by atoms with E-state index in [0.717, 1.165) is 25.9 Å². The minimum Gasteiger partial charge on any atom is -0.348 e. The summed E-state index contributed by atoms with van der Waals surface area (Å²) in [6.07, 6.45) is 2.27. The highest BCUT2D eigenvalue weighted by Crippen LogP contribution is 2.11. The molecule has 1 aliphatic heterocycles. The second-order valence-corrected chi connectivity index (χ2v) is 3.85. The minimum atomic E-state index is -0.112. The number of piperidine rings is 1. The lowest BCUT2D eigenvalue weighted by Gasteiger charge is -2.16. The molecule has 1 fully saturated rings. The number of hydrogen-bond donors (Lipinski definition) is 2. The summed E-state index contributed by atoms with van der Waals surface area (Å²) < 4.78 is 0. The molecule has 12 heavy (non-hydrogen) atoms. The maximum Gasteiger partial charge on any atom is 0.297 e. The van der Waals surface area contributed by atoms with Crippen molar-refractivity contribution in [2.75, 3.05) is 20.1 Å². The number of amides is 1. The van der Waals surface area contributed by atoms with Crippen LogP contribution in [0.15, 0.2) is 0 Å². The Hall–Kier alpha value is -0.570. The summed E-state index contributed by atoms with van der Waals surface area (Å²) in [5.41, 5.74) is 0. The molecule has 0 saturated carbocycles. The molecule has 0 unspecified atom stereocenters. The van der Waals surface area contributed by atoms with Crippen molar-refractivity contribution in [3.05, 3.63) is 0 Å². The number of carbonyl (C=O) groups is 1. The molecular weight excluding hydrogens is 172 g/mol. The van der Waals surface area contributed by atoms with Crippen LogP contribution in [-0.4, -0.2) is 31.3 Å². The number of carbonyl (C=O) groups excluding carboxylic acids is 1. The molecule has 0 aromatic carbocycles. The summed E-state index contributed by atoms with van der Waals surface area (Å²) in [6, 6.07) is 0. The van der Waals surface area contributed by atoms with E-state index in [0.29, 0.717) is 5.25 Å². The van der Waals surface area contributed by atoms with Gasteiger partial charge in [0.1, 0.15) is 0 Å². The van der Waals surface area contributed by atoms with E-state index < -0.39 is 0 Å². The van der Waals surface area contributed by atoms with Crippen molar-refractivity contribution >= 4 is 17.1 Å². The number of nitrogens with one attached hydrogen (secondary N) is 2. The Morgan fingerprint density at radius 3 is 2.83 bits per heavy atom. The van der Waals surface area contributed by atoms with Crippen LogP contribution in [0.2, 0.25) is 0 Å². The van der Waals surface area contributed by atoms with E-state index in [-0.39, 0.29) is 5.91 Å². The van der Waals surface area contributed by atoms with E-state index >= 15 is 0 Å². The Bertz CT molecular complexity index is 213. The molecule has 1 amide bonds. The lowest BCUT2D eigenvalue weighted by atomic mass is 10.2. The van der Waals surface area contributed by atoms with Crippen LogP contribution in [0.1, 0.15) is 12.8 Å². The SMILES string of the molecule is CNC(=O)C#SC1CCNCC1. The highest BCUT2D eigenvalue weighted by atomic mass is 32.1. The van der Waals surface area contributed by atoms with E-state index in [1.165, 1.54) is 11.2 Å². The van der Waals surface area contributed by atoms with E-state index in [1.54, 1.807) is 7.05 Å². The summed E-state index contributed by atoms with van der Waals surface area (Å²) in [4.78, 5) is 10.8. The van der Waals surface area contributed by atoms with Crippen LogP contribution in [0.25, 0.3) is 0 Å². The van der Waals surface area contributed by atoms with E-state index in [4.69, 9.17) is 0 Å². The van der Waals surface area contributed by atoms with Gasteiger partial charge in [0.25, 0.3) is 5.91 Å². The molecule has 0 aromatic heterocycles. The standard InChI is InChI=1S/C8H14N2OS/c1-9-8(11)6-12-7-2-4-10-5-3-7/h7,10H,2-5H2,1H3,(H,9,11). The average molecular weight is 186 g/mol. The molecule has 1 aliphatic rings. The summed E-state index contributed by atoms with van der Waals surface area (Å²) in [5.74, 6) is -0.112. The molecule has 4 heteroatoms. The summed E-state index contributed by atoms with van der Waals surface area (Å²) in [7, 11) is 1.62. The predicted molar refractivity (Wildman–Crippen MR) is 51.4 cm³/mol. The van der Waals surface area contributed by atoms with Gasteiger partial charge in [-0.1, -0.05) is 0 Å². The summed E-state index contributed by atoms with van der Waals surface area (Å²) in [6.45, 7) is 2.13. The van der Waals surface area contributed by atoms with Crippen LogP contribution < -0.4 is 10.6 Å². The molecule has 0 spiro atoms. The zero-order valence-electron chi connectivity index (χ0n) is 7.22. The lowest BCUT2D eigenvalue weighted by Crippen LogP contribution is -2.28. The molecule has 0 radical (unpaired) electrons. The van der Waals surface area contributed by atoms with Gasteiger partial charge in [-0.25, -0.2) is 0 Å². The van der Waals surface area contributed by atoms with Crippen molar-refractivity contribution in [1.29, 1.82) is 0 Å². The fourth-order valence-electron chi connectivity index (χ4n) is 1.10. The van der Waals surface area contributed by atoms with Crippen LogP contribution >= 0.6 is 11.2 Å². The van der Waals surface area contributed by atoms with Crippen LogP contribution in [-0.2, 0) is 4.79 Å². The van der Waals surface area contributed by atoms with Gasteiger partial charge in [0.2, 0.25) is 0 Å². The molecular formula is C8H14N2OS. The number of rotatable bonds is 0. The fraction of sp³-hybridized carbons (Fsp3) is 0.750. The van der Waals surface area contributed by atoms with Gasteiger partial charge in [0.15, 0.2) is 0 Å². The van der Waals surface area contributed by atoms with Crippen molar-refractivity contribution < 1.29 is 4.79 Å². The largest absolute Gasteiger partial charge is 0.348 e. The van der Waals surface area contributed by atoms with Gasteiger partial charge in [0.05, 0.1) is 0 Å². The molecule has 0 atom stereocenters. The average Bonchev–Trinajstić information content (AvgIpc) is 2.16. The monoisotopic (exact) mass is 186 g/mol. The Balaban J connectivity index is 2.35. The molecule has 1 heterocycles. The van der Waals surface area contributed by atoms with Crippen LogP contribution in [0.3, 0.4) is 0 Å². The highest BCUT2D eigenvalue weighted by Gasteiger charge is 2.09. The predicted octanol–water partition coefficient (Wildman–Crippen LogP) is 0.177. The van der Waals surface area contributed by atoms with Crippen molar-refractivity contribution in [1.82, 2.24) is 10.6 Å². The Morgan fingerprint density at radius 1 is 1.58 bits per heavy atom. The summed E-state index contributed by atoms with van der Waals surface area (Å²) >= 11 is 1.53. The smallest absolute Gasteiger partial charge is 0.297 e. The highest BCUT2D eigenvalue weighted by molar-refractivity contribution is 7.89. The van der Waals surface area contributed by atoms with Crippen LogP contribution in [0.5, 0.6) is 0 Å². The second kappa shape index (κ2) is 5.14. The van der Waals surface area contributed by atoms with Crippen molar-refractivity contribution in [2.45, 2.75) is 18.1 Å². The van der Waals surface area contributed by atoms with Gasteiger partial charge in [-0.2, -0.15) is 0 Å². The maximum absolute atomic E-state index is 10.8. The van der Waals surface area contributed by atoms with Crippen molar-refractivity contribution in [2.24, 2.45) is 0 Å². The first-order chi connectivity index (χ1) is 5.83. The second-order valence-electron chi connectivity index (χ2n) is 2.75. The molecule has 68 valence electrons. The quantitative estimate of drug-likeness (QED) is 0.566. The third kappa shape index (κ3) is 3.22. The van der Waals surface area contributed by atoms with Crippen LogP contribution in [0.4, 0.5) is 0 Å². The van der Waals surface area contributed by atoms with Gasteiger partial charge in [-0.05, 0) is 25.9 Å². The van der Waals surface area contributed by atoms with Gasteiger partial charge in [0, 0.05) is 17.5 Å². The molecule has 3 nitrogen and oxygen atoms in total. The van der Waals surface area contributed by atoms with E-state index in [2.05, 4.69) is 15.8 Å². The summed E-state index contributed by atoms with van der Waals surface area (Å²) in [5, 5.41) is 9.11. The maximum atomic E-state index is 10.8. The Labute approximate surface area is 76.5 Å². The molecule has 0 aromatic rings. The van der Waals surface area contributed by atoms with Gasteiger partial charge in [-0.15, -0.1) is 11.2 Å². The normalized spacial score (nSPS) is 18.1. The fourth-order valence-corrected chi connectivity index (χ4v) is 1.95. The van der Waals surface area contributed by atoms with E-state index in [1.807, 2.05) is 0 Å². The van der Waals surface area contributed by atoms with E-state index in [9.17, 15) is 4.79 Å². The molecule has 0 aliphatic carbocycles. The first-order valence-electron chi connectivity index (χ1n) is 4.17. The van der Waals surface area contributed by atoms with Crippen LogP contribution in [0, 0.1) is 5.18 Å². The third-order valence-corrected chi connectivity index (χ3v) is 2.94. The third-order valence-electron chi connectivity index (χ3n) is 1.83. The molecule has 0 bridgehead atoms. The minimum absolute atomic E-state index is 0.112. The zero-order valence-corrected chi connectivity index (χ0v) is 8.04. The Morgan fingerprint density at radius 2 is 2.25 bits per heavy atom. The van der Waals surface area contributed by atoms with Crippen molar-refractivity contribution in [3.63, 3.8) is 0 Å². The molecule has 1 saturated heterocycles. The van der Waals surface area contributed by atoms with Gasteiger partial charge in [-0.3, -0.25) is 4.79 Å². The van der Waals surface area contributed by atoms with Gasteiger partial charge < -0.3 is 10.6 Å². The first-order valence-corrected chi connectivity index (χ1v) is 5.05. The van der Waals surface area contributed by atoms with Gasteiger partial charge >= 0.3 is 0 Å². The topological polar surface area (TPSA) is 41.1 Å². The Kier molecular flexibility index (Phi) is 4.08. The first kappa shape index (κ1) is 9.52. The zero-order chi connectivity index (χ0) is 8.81. The number of hydrogen-bond acceptors (Lipinski definition) is 2.